The van der Waals surface area contributed by atoms with Crippen LogP contribution in [0.4, 0.5) is 8.78 Å². The van der Waals surface area contributed by atoms with Gasteiger partial charge in [-0.15, -0.1) is 0 Å². The van der Waals surface area contributed by atoms with Crippen molar-refractivity contribution in [1.29, 1.82) is 0 Å². The van der Waals surface area contributed by atoms with Crippen molar-refractivity contribution in [2.75, 3.05) is 13.2 Å². The molecule has 0 radical (unpaired) electrons. The summed E-state index contributed by atoms with van der Waals surface area (Å²) in [5, 5.41) is 8.37. The van der Waals surface area contributed by atoms with E-state index in [0.717, 1.165) is 36.8 Å². The molecule has 19 heavy (non-hydrogen) atoms. The van der Waals surface area contributed by atoms with Crippen LogP contribution in [0.15, 0.2) is 18.2 Å². The summed E-state index contributed by atoms with van der Waals surface area (Å²) in [5.41, 5.74) is 2.01. The molecule has 1 aromatic carbocycles. The number of ether oxygens (including phenoxy) is 1. The standard InChI is InChI=1S/C14H16F2O3/c15-14(16,9-19-8-13(17)18)12-6-5-10-3-1-2-4-11(10)7-12/h5-7H,1-4,8-9H2,(H,17,18). The van der Waals surface area contributed by atoms with Gasteiger partial charge in [-0.2, -0.15) is 8.78 Å². The number of hydrogen-bond donors (Lipinski definition) is 1. The highest BCUT2D eigenvalue weighted by Gasteiger charge is 2.33. The molecule has 0 saturated carbocycles. The zero-order valence-corrected chi connectivity index (χ0v) is 10.5. The molecule has 0 saturated heterocycles. The van der Waals surface area contributed by atoms with Crippen molar-refractivity contribution in [2.45, 2.75) is 31.6 Å². The molecule has 0 fully saturated rings. The van der Waals surface area contributed by atoms with Crippen LogP contribution in [0.1, 0.15) is 29.5 Å². The van der Waals surface area contributed by atoms with Crippen LogP contribution in [0.2, 0.25) is 0 Å². The Morgan fingerprint density at radius 1 is 1.26 bits per heavy atom. The molecule has 3 nitrogen and oxygen atoms in total. The first kappa shape index (κ1) is 13.9. The summed E-state index contributed by atoms with van der Waals surface area (Å²) in [6.45, 7) is -1.61. The first-order chi connectivity index (χ1) is 8.99. The highest BCUT2D eigenvalue weighted by molar-refractivity contribution is 5.68. The van der Waals surface area contributed by atoms with Crippen molar-refractivity contribution >= 4 is 5.97 Å². The SMILES string of the molecule is O=C(O)COCC(F)(F)c1ccc2c(c1)CCCC2. The van der Waals surface area contributed by atoms with E-state index in [9.17, 15) is 13.6 Å². The fourth-order valence-electron chi connectivity index (χ4n) is 2.31. The van der Waals surface area contributed by atoms with Crippen LogP contribution in [0.3, 0.4) is 0 Å². The Labute approximate surface area is 110 Å². The smallest absolute Gasteiger partial charge is 0.329 e. The number of carboxylic acids is 1. The van der Waals surface area contributed by atoms with Crippen molar-refractivity contribution in [3.8, 4) is 0 Å². The zero-order valence-electron chi connectivity index (χ0n) is 10.5. The highest BCUT2D eigenvalue weighted by Crippen LogP contribution is 2.32. The molecule has 104 valence electrons. The summed E-state index contributed by atoms with van der Waals surface area (Å²) in [6.07, 6.45) is 3.90. The Kier molecular flexibility index (Phi) is 4.14. The van der Waals surface area contributed by atoms with E-state index in [1.165, 1.54) is 12.1 Å². The molecule has 0 unspecified atom stereocenters. The Hall–Kier alpha value is -1.49. The predicted molar refractivity (Wildman–Crippen MR) is 65.4 cm³/mol. The van der Waals surface area contributed by atoms with Crippen LogP contribution >= 0.6 is 0 Å². The second-order valence-electron chi connectivity index (χ2n) is 4.78. The number of carbonyl (C=O) groups is 1. The maximum Gasteiger partial charge on any atom is 0.329 e. The fraction of sp³-hybridized carbons (Fsp3) is 0.500. The average Bonchev–Trinajstić information content (AvgIpc) is 2.37. The Bertz CT molecular complexity index is 472. The number of aryl methyl sites for hydroxylation is 2. The van der Waals surface area contributed by atoms with Crippen LogP contribution in [0.25, 0.3) is 0 Å². The topological polar surface area (TPSA) is 46.5 Å². The quantitative estimate of drug-likeness (QED) is 0.895. The average molecular weight is 270 g/mol. The first-order valence-electron chi connectivity index (χ1n) is 6.29. The van der Waals surface area contributed by atoms with Crippen molar-refractivity contribution in [3.63, 3.8) is 0 Å². The number of benzene rings is 1. The van der Waals surface area contributed by atoms with Gasteiger partial charge in [0.2, 0.25) is 0 Å². The van der Waals surface area contributed by atoms with Crippen LogP contribution in [-0.4, -0.2) is 24.3 Å². The molecule has 5 heteroatoms. The lowest BCUT2D eigenvalue weighted by Gasteiger charge is -2.21. The molecule has 0 aromatic heterocycles. The summed E-state index contributed by atoms with van der Waals surface area (Å²) < 4.78 is 32.2. The number of halogens is 2. The predicted octanol–water partition coefficient (Wildman–Crippen LogP) is 2.76. The minimum atomic E-state index is -3.15. The van der Waals surface area contributed by atoms with Crippen LogP contribution in [0.5, 0.6) is 0 Å². The van der Waals surface area contributed by atoms with E-state index in [2.05, 4.69) is 4.74 Å². The van der Waals surface area contributed by atoms with E-state index in [4.69, 9.17) is 5.11 Å². The summed E-state index contributed by atoms with van der Waals surface area (Å²) in [6, 6.07) is 4.68. The largest absolute Gasteiger partial charge is 0.480 e. The van der Waals surface area contributed by atoms with Gasteiger partial charge in [0.05, 0.1) is 0 Å². The van der Waals surface area contributed by atoms with Gasteiger partial charge in [0.15, 0.2) is 0 Å². The van der Waals surface area contributed by atoms with Crippen molar-refractivity contribution in [3.05, 3.63) is 34.9 Å². The molecule has 1 aromatic rings. The Morgan fingerprint density at radius 3 is 2.63 bits per heavy atom. The molecular formula is C14H16F2O3. The monoisotopic (exact) mass is 270 g/mol. The first-order valence-corrected chi connectivity index (χ1v) is 6.29. The third kappa shape index (κ3) is 3.50. The molecule has 0 amide bonds. The zero-order chi connectivity index (χ0) is 13.9. The number of alkyl halides is 2. The number of fused-ring (bicyclic) bond motifs is 1. The molecule has 1 aliphatic carbocycles. The van der Waals surface area contributed by atoms with Gasteiger partial charge in [-0.05, 0) is 42.9 Å². The van der Waals surface area contributed by atoms with E-state index in [1.54, 1.807) is 6.07 Å². The summed E-state index contributed by atoms with van der Waals surface area (Å²) in [4.78, 5) is 10.2. The van der Waals surface area contributed by atoms with Crippen molar-refractivity contribution in [1.82, 2.24) is 0 Å². The number of carboxylic acid groups (broad SMARTS) is 1. The maximum atomic E-state index is 13.9. The normalized spacial score (nSPS) is 15.1. The molecule has 0 bridgehead atoms. The lowest BCUT2D eigenvalue weighted by molar-refractivity contribution is -0.147. The molecule has 0 aliphatic heterocycles. The van der Waals surface area contributed by atoms with E-state index in [1.807, 2.05) is 0 Å². The minimum absolute atomic E-state index is 0.0986. The third-order valence-corrected chi connectivity index (χ3v) is 3.28. The molecule has 1 aliphatic rings. The van der Waals surface area contributed by atoms with Gasteiger partial charge in [0, 0.05) is 5.56 Å². The Balaban J connectivity index is 2.09. The molecule has 0 atom stereocenters. The molecule has 0 spiro atoms. The fourth-order valence-corrected chi connectivity index (χ4v) is 2.31. The molecule has 2 rings (SSSR count). The lowest BCUT2D eigenvalue weighted by Crippen LogP contribution is -2.23. The Morgan fingerprint density at radius 2 is 1.95 bits per heavy atom. The highest BCUT2D eigenvalue weighted by atomic mass is 19.3. The van der Waals surface area contributed by atoms with E-state index >= 15 is 0 Å². The van der Waals surface area contributed by atoms with Crippen LogP contribution in [0, 0.1) is 0 Å². The number of hydrogen-bond acceptors (Lipinski definition) is 2. The molecule has 1 N–H and O–H groups in total. The summed E-state index contributed by atoms with van der Waals surface area (Å²) >= 11 is 0. The van der Waals surface area contributed by atoms with Crippen molar-refractivity contribution in [2.24, 2.45) is 0 Å². The lowest BCUT2D eigenvalue weighted by atomic mass is 9.89. The van der Waals surface area contributed by atoms with Crippen molar-refractivity contribution < 1.29 is 23.4 Å². The molecule has 0 heterocycles. The minimum Gasteiger partial charge on any atom is -0.480 e. The van der Waals surface area contributed by atoms with E-state index in [0.29, 0.717) is 0 Å². The van der Waals surface area contributed by atoms with Gasteiger partial charge in [0.25, 0.3) is 5.92 Å². The van der Waals surface area contributed by atoms with Gasteiger partial charge in [0.1, 0.15) is 13.2 Å². The van der Waals surface area contributed by atoms with Gasteiger partial charge in [-0.3, -0.25) is 0 Å². The molecular weight excluding hydrogens is 254 g/mol. The number of rotatable bonds is 5. The summed E-state index contributed by atoms with van der Waals surface area (Å²) in [7, 11) is 0. The van der Waals surface area contributed by atoms with Gasteiger partial charge < -0.3 is 9.84 Å². The third-order valence-electron chi connectivity index (χ3n) is 3.28. The van der Waals surface area contributed by atoms with E-state index in [-0.39, 0.29) is 5.56 Å². The second-order valence-corrected chi connectivity index (χ2v) is 4.78. The van der Waals surface area contributed by atoms with Crippen LogP contribution < -0.4 is 0 Å². The second kappa shape index (κ2) is 5.65. The van der Waals surface area contributed by atoms with Gasteiger partial charge >= 0.3 is 5.97 Å². The van der Waals surface area contributed by atoms with Gasteiger partial charge in [-0.1, -0.05) is 12.1 Å². The van der Waals surface area contributed by atoms with Gasteiger partial charge in [-0.25, -0.2) is 4.79 Å². The summed E-state index contributed by atoms with van der Waals surface area (Å²) in [5.74, 6) is -4.40. The maximum absolute atomic E-state index is 13.9. The number of aliphatic carboxylic acids is 1. The van der Waals surface area contributed by atoms with Crippen LogP contribution in [-0.2, 0) is 28.3 Å². The van der Waals surface area contributed by atoms with E-state index < -0.39 is 25.1 Å².